The summed E-state index contributed by atoms with van der Waals surface area (Å²) in [6.45, 7) is 11.1. The number of methoxy groups -OCH3 is 1. The SMILES string of the molecule is CCCCCCOc1cc(OCCCCCC)c(C)c(OCCCCCC)c1.COc1cc(O)c(C(=O)c2ccccc2)cc1S(=O)(=O)[O-]. The van der Waals surface area contributed by atoms with E-state index < -0.39 is 26.5 Å². The normalized spacial score (nSPS) is 11.0. The molecule has 0 bridgehead atoms. The van der Waals surface area contributed by atoms with Gasteiger partial charge in [-0.1, -0.05) is 109 Å². The minimum Gasteiger partial charge on any atom is -0.744 e. The molecule has 0 aliphatic rings. The maximum atomic E-state index is 12.2. The number of carbonyl (C=O) groups is 1. The molecule has 0 amide bonds. The van der Waals surface area contributed by atoms with E-state index in [0.717, 1.165) is 81.1 Å². The van der Waals surface area contributed by atoms with Gasteiger partial charge in [0.1, 0.15) is 38.9 Å². The van der Waals surface area contributed by atoms with E-state index in [0.29, 0.717) is 0 Å². The molecule has 0 spiro atoms. The van der Waals surface area contributed by atoms with E-state index in [9.17, 15) is 22.9 Å². The fourth-order valence-corrected chi connectivity index (χ4v) is 5.64. The zero-order valence-corrected chi connectivity index (χ0v) is 30.7. The standard InChI is InChI=1S/C25H44O3.C14H12O6S/c1-5-8-11-14-17-26-23-20-24(27-18-15-12-9-6-2)22(4)25(21-23)28-19-16-13-10-7-3;1-20-12-8-11(15)10(7-13(12)21(17,18)19)14(16)9-5-3-2-4-6-9/h20-21H,5-19H2,1-4H3;2-8,15H,1H3,(H,17,18,19)/p-1. The number of aromatic hydroxyl groups is 1. The molecule has 0 atom stereocenters. The number of ether oxygens (including phenoxy) is 4. The third-order valence-electron chi connectivity index (χ3n) is 7.90. The van der Waals surface area contributed by atoms with Crippen molar-refractivity contribution < 1.29 is 41.8 Å². The van der Waals surface area contributed by atoms with Crippen molar-refractivity contribution in [2.75, 3.05) is 26.9 Å². The van der Waals surface area contributed by atoms with E-state index in [2.05, 4.69) is 27.7 Å². The molecule has 0 saturated carbocycles. The summed E-state index contributed by atoms with van der Waals surface area (Å²) in [5, 5.41) is 9.85. The summed E-state index contributed by atoms with van der Waals surface area (Å²) in [4.78, 5) is 11.6. The minimum atomic E-state index is -4.84. The lowest BCUT2D eigenvalue weighted by molar-refractivity contribution is 0.103. The van der Waals surface area contributed by atoms with Crippen LogP contribution in [0, 0.1) is 6.92 Å². The molecule has 0 saturated heterocycles. The van der Waals surface area contributed by atoms with Crippen molar-refractivity contribution in [2.24, 2.45) is 0 Å². The number of ketones is 1. The van der Waals surface area contributed by atoms with E-state index in [1.807, 2.05) is 12.1 Å². The van der Waals surface area contributed by atoms with Gasteiger partial charge in [0.2, 0.25) is 0 Å². The molecule has 10 heteroatoms. The quantitative estimate of drug-likeness (QED) is 0.0619. The van der Waals surface area contributed by atoms with Crippen LogP contribution in [0.4, 0.5) is 0 Å². The van der Waals surface area contributed by atoms with Crippen LogP contribution >= 0.6 is 0 Å². The van der Waals surface area contributed by atoms with Gasteiger partial charge in [-0.15, -0.1) is 0 Å². The highest BCUT2D eigenvalue weighted by Crippen LogP contribution is 2.35. The molecule has 0 aliphatic carbocycles. The molecular formula is C39H55O9S-. The van der Waals surface area contributed by atoms with Gasteiger partial charge in [0.15, 0.2) is 5.78 Å². The van der Waals surface area contributed by atoms with E-state index in [1.165, 1.54) is 69.9 Å². The van der Waals surface area contributed by atoms with Crippen LogP contribution in [0.15, 0.2) is 59.5 Å². The number of unbranched alkanes of at least 4 members (excludes halogenated alkanes) is 9. The van der Waals surface area contributed by atoms with Crippen LogP contribution in [0.25, 0.3) is 0 Å². The highest BCUT2D eigenvalue weighted by molar-refractivity contribution is 7.85. The lowest BCUT2D eigenvalue weighted by atomic mass is 10.0. The number of carbonyl (C=O) groups excluding carboxylic acids is 1. The first-order chi connectivity index (χ1) is 23.6. The Bertz CT molecular complexity index is 1470. The first kappa shape index (κ1) is 41.4. The summed E-state index contributed by atoms with van der Waals surface area (Å²) in [6.07, 6.45) is 14.5. The Hall–Kier alpha value is -3.76. The lowest BCUT2D eigenvalue weighted by Gasteiger charge is -2.17. The first-order valence-corrected chi connectivity index (χ1v) is 19.0. The third-order valence-corrected chi connectivity index (χ3v) is 8.75. The van der Waals surface area contributed by atoms with Gasteiger partial charge in [-0.05, 0) is 32.3 Å². The Morgan fingerprint density at radius 2 is 1.18 bits per heavy atom. The van der Waals surface area contributed by atoms with Crippen molar-refractivity contribution in [3.8, 4) is 28.7 Å². The van der Waals surface area contributed by atoms with Crippen LogP contribution in [0.5, 0.6) is 28.7 Å². The Kier molecular flexibility index (Phi) is 19.3. The smallest absolute Gasteiger partial charge is 0.196 e. The topological polar surface area (TPSA) is 131 Å². The summed E-state index contributed by atoms with van der Waals surface area (Å²) in [5.74, 6) is 1.31. The highest BCUT2D eigenvalue weighted by atomic mass is 32.2. The van der Waals surface area contributed by atoms with Gasteiger partial charge >= 0.3 is 0 Å². The van der Waals surface area contributed by atoms with Gasteiger partial charge < -0.3 is 28.6 Å². The molecular weight excluding hydrogens is 644 g/mol. The second-order valence-electron chi connectivity index (χ2n) is 11.9. The maximum Gasteiger partial charge on any atom is 0.196 e. The predicted molar refractivity (Wildman–Crippen MR) is 193 cm³/mol. The molecule has 3 rings (SSSR count). The molecule has 0 fully saturated rings. The summed E-state index contributed by atoms with van der Waals surface area (Å²) >= 11 is 0. The van der Waals surface area contributed by atoms with Crippen LogP contribution in [0.3, 0.4) is 0 Å². The van der Waals surface area contributed by atoms with Crippen molar-refractivity contribution in [3.05, 3.63) is 71.3 Å². The van der Waals surface area contributed by atoms with E-state index in [-0.39, 0.29) is 16.9 Å². The molecule has 49 heavy (non-hydrogen) atoms. The van der Waals surface area contributed by atoms with Gasteiger partial charge in [0.25, 0.3) is 0 Å². The largest absolute Gasteiger partial charge is 0.744 e. The van der Waals surface area contributed by atoms with Gasteiger partial charge in [-0.2, -0.15) is 0 Å². The number of phenols is 1. The van der Waals surface area contributed by atoms with Crippen molar-refractivity contribution in [1.82, 2.24) is 0 Å². The van der Waals surface area contributed by atoms with Crippen LogP contribution in [0.2, 0.25) is 0 Å². The average molecular weight is 700 g/mol. The number of hydrogen-bond donors (Lipinski definition) is 1. The first-order valence-electron chi connectivity index (χ1n) is 17.6. The molecule has 0 heterocycles. The van der Waals surface area contributed by atoms with Gasteiger partial charge in [0.05, 0.1) is 37.4 Å². The molecule has 3 aromatic rings. The van der Waals surface area contributed by atoms with Crippen LogP contribution in [-0.2, 0) is 10.1 Å². The third kappa shape index (κ3) is 14.7. The number of rotatable bonds is 22. The van der Waals surface area contributed by atoms with E-state index in [1.54, 1.807) is 18.2 Å². The Balaban J connectivity index is 0.000000353. The predicted octanol–water partition coefficient (Wildman–Crippen LogP) is 9.41. The fourth-order valence-electron chi connectivity index (χ4n) is 4.99. The summed E-state index contributed by atoms with van der Waals surface area (Å²) in [6, 6.07) is 13.8. The molecule has 9 nitrogen and oxygen atoms in total. The van der Waals surface area contributed by atoms with Crippen LogP contribution in [-0.4, -0.2) is 50.8 Å². The van der Waals surface area contributed by atoms with Crippen molar-refractivity contribution in [2.45, 2.75) is 110 Å². The van der Waals surface area contributed by atoms with Crippen LogP contribution in [0.1, 0.15) is 119 Å². The number of phenolic OH excluding ortho intramolecular Hbond substituents is 1. The van der Waals surface area contributed by atoms with E-state index in [4.69, 9.17) is 18.9 Å². The zero-order chi connectivity index (χ0) is 36.1. The maximum absolute atomic E-state index is 12.2. The zero-order valence-electron chi connectivity index (χ0n) is 29.9. The average Bonchev–Trinajstić information content (AvgIpc) is 3.09. The Morgan fingerprint density at radius 1 is 0.694 bits per heavy atom. The van der Waals surface area contributed by atoms with Crippen LogP contribution < -0.4 is 18.9 Å². The fraction of sp³-hybridized carbons (Fsp3) is 0.513. The second kappa shape index (κ2) is 22.8. The van der Waals surface area contributed by atoms with Crippen molar-refractivity contribution in [1.29, 1.82) is 0 Å². The van der Waals surface area contributed by atoms with Crippen molar-refractivity contribution >= 4 is 15.9 Å². The molecule has 1 N–H and O–H groups in total. The molecule has 0 radical (unpaired) electrons. The van der Waals surface area contributed by atoms with Gasteiger partial charge in [-0.3, -0.25) is 4.79 Å². The molecule has 0 unspecified atom stereocenters. The molecule has 272 valence electrons. The molecule has 0 aromatic heterocycles. The second-order valence-corrected chi connectivity index (χ2v) is 13.3. The van der Waals surface area contributed by atoms with Gasteiger partial charge in [-0.25, -0.2) is 8.42 Å². The lowest BCUT2D eigenvalue weighted by Crippen LogP contribution is -2.07. The van der Waals surface area contributed by atoms with E-state index >= 15 is 0 Å². The summed E-state index contributed by atoms with van der Waals surface area (Å²) in [5.41, 5.74) is 1.06. The van der Waals surface area contributed by atoms with Gasteiger partial charge in [0, 0.05) is 29.3 Å². The monoisotopic (exact) mass is 699 g/mol. The van der Waals surface area contributed by atoms with Crippen molar-refractivity contribution in [3.63, 3.8) is 0 Å². The number of hydrogen-bond acceptors (Lipinski definition) is 9. The summed E-state index contributed by atoms with van der Waals surface area (Å²) in [7, 11) is -3.68. The Labute approximate surface area is 293 Å². The molecule has 0 aliphatic heterocycles. The number of benzene rings is 3. The minimum absolute atomic E-state index is 0.257. The Morgan fingerprint density at radius 3 is 1.63 bits per heavy atom. The molecule has 3 aromatic carbocycles. The summed E-state index contributed by atoms with van der Waals surface area (Å²) < 4.78 is 56.6. The highest BCUT2D eigenvalue weighted by Gasteiger charge is 2.20.